The van der Waals surface area contributed by atoms with Gasteiger partial charge in [0.15, 0.2) is 17.9 Å². The number of hydrogen-bond acceptors (Lipinski definition) is 3. The summed E-state index contributed by atoms with van der Waals surface area (Å²) in [5.41, 5.74) is 2.55. The minimum atomic E-state index is -4.40. The Morgan fingerprint density at radius 3 is 2.46 bits per heavy atom. The van der Waals surface area contributed by atoms with E-state index in [0.717, 1.165) is 23.3 Å². The first-order chi connectivity index (χ1) is 12.2. The van der Waals surface area contributed by atoms with Crippen molar-refractivity contribution in [3.05, 3.63) is 59.6 Å². The van der Waals surface area contributed by atoms with Gasteiger partial charge >= 0.3 is 6.18 Å². The van der Waals surface area contributed by atoms with Gasteiger partial charge < -0.3 is 4.42 Å². The molecule has 2 aromatic rings. The molecule has 0 bridgehead atoms. The lowest BCUT2D eigenvalue weighted by atomic mass is 9.79. The summed E-state index contributed by atoms with van der Waals surface area (Å²) in [6, 6.07) is 4.71. The van der Waals surface area contributed by atoms with Crippen LogP contribution in [0.1, 0.15) is 37.9 Å². The minimum Gasteiger partial charge on any atom is -0.443 e. The van der Waals surface area contributed by atoms with Crippen molar-refractivity contribution in [2.24, 2.45) is 5.92 Å². The van der Waals surface area contributed by atoms with Crippen molar-refractivity contribution >= 4 is 11.4 Å². The van der Waals surface area contributed by atoms with E-state index in [2.05, 4.69) is 11.6 Å². The Kier molecular flexibility index (Phi) is 4.61. The Morgan fingerprint density at radius 1 is 1.23 bits per heavy atom. The minimum absolute atomic E-state index is 0.0263. The first-order valence-corrected chi connectivity index (χ1v) is 8.18. The van der Waals surface area contributed by atoms with E-state index < -0.39 is 11.7 Å². The second-order valence-corrected chi connectivity index (χ2v) is 6.58. The average Bonchev–Trinajstić information content (AvgIpc) is 3.05. The highest BCUT2D eigenvalue weighted by Crippen LogP contribution is 2.40. The van der Waals surface area contributed by atoms with Gasteiger partial charge in [-0.3, -0.25) is 4.79 Å². The van der Waals surface area contributed by atoms with Gasteiger partial charge in [-0.2, -0.15) is 13.2 Å². The molecule has 6 heteroatoms. The Hall–Kier alpha value is -2.63. The van der Waals surface area contributed by atoms with Gasteiger partial charge in [0.25, 0.3) is 0 Å². The molecule has 1 aromatic heterocycles. The number of benzene rings is 1. The molecule has 0 saturated heterocycles. The Bertz CT molecular complexity index is 889. The molecule has 1 unspecified atom stereocenters. The maximum absolute atomic E-state index is 12.8. The summed E-state index contributed by atoms with van der Waals surface area (Å²) < 4.78 is 43.7. The topological polar surface area (TPSA) is 43.1 Å². The van der Waals surface area contributed by atoms with Crippen LogP contribution in [0.25, 0.3) is 16.9 Å². The maximum Gasteiger partial charge on any atom is 0.416 e. The lowest BCUT2D eigenvalue weighted by molar-refractivity contribution is -0.137. The standard InChI is InChI=1S/C20H18F3NO2/c1-11(2)14-8-16(12(3)17(25)9-14)18-19(26-10-24-18)13-4-6-15(7-5-13)20(21,22)23/h4-7,10,14H,1,8-9H2,2-3H3. The molecule has 0 N–H and O–H groups in total. The van der Waals surface area contributed by atoms with Gasteiger partial charge in [-0.15, -0.1) is 0 Å². The molecular weight excluding hydrogens is 343 g/mol. The van der Waals surface area contributed by atoms with E-state index >= 15 is 0 Å². The molecular formula is C20H18F3NO2. The van der Waals surface area contributed by atoms with Crippen molar-refractivity contribution in [1.29, 1.82) is 0 Å². The number of allylic oxidation sites excluding steroid dienone is 3. The molecule has 0 saturated carbocycles. The van der Waals surface area contributed by atoms with Gasteiger partial charge in [0, 0.05) is 12.0 Å². The highest BCUT2D eigenvalue weighted by molar-refractivity contribution is 6.04. The lowest BCUT2D eigenvalue weighted by Gasteiger charge is -2.24. The molecule has 0 radical (unpaired) electrons. The first kappa shape index (κ1) is 18.2. The quantitative estimate of drug-likeness (QED) is 0.660. The van der Waals surface area contributed by atoms with Crippen LogP contribution in [0.4, 0.5) is 13.2 Å². The number of carbonyl (C=O) groups excluding carboxylic acids is 1. The third kappa shape index (κ3) is 3.36. The predicted octanol–water partition coefficient (Wildman–Crippen LogP) is 5.69. The van der Waals surface area contributed by atoms with Crippen LogP contribution in [-0.2, 0) is 11.0 Å². The number of nitrogens with zero attached hydrogens (tertiary/aromatic N) is 1. The summed E-state index contributed by atoms with van der Waals surface area (Å²) in [7, 11) is 0. The third-order valence-electron chi connectivity index (χ3n) is 4.78. The number of hydrogen-bond donors (Lipinski definition) is 0. The van der Waals surface area contributed by atoms with Crippen LogP contribution in [0.2, 0.25) is 0 Å². The van der Waals surface area contributed by atoms with E-state index in [4.69, 9.17) is 4.42 Å². The molecule has 1 heterocycles. The monoisotopic (exact) mass is 361 g/mol. The average molecular weight is 361 g/mol. The molecule has 0 amide bonds. The number of oxazole rings is 1. The van der Waals surface area contributed by atoms with Gasteiger partial charge in [0.1, 0.15) is 5.69 Å². The van der Waals surface area contributed by atoms with Gasteiger partial charge in [-0.05, 0) is 49.5 Å². The molecule has 0 spiro atoms. The van der Waals surface area contributed by atoms with Crippen LogP contribution >= 0.6 is 0 Å². The summed E-state index contributed by atoms with van der Waals surface area (Å²) in [6.07, 6.45) is -2.13. The smallest absolute Gasteiger partial charge is 0.416 e. The van der Waals surface area contributed by atoms with E-state index in [1.165, 1.54) is 18.5 Å². The zero-order valence-electron chi connectivity index (χ0n) is 14.5. The SMILES string of the molecule is C=C(C)C1CC(=O)C(C)=C(c2ncoc2-c2ccc(C(F)(F)F)cc2)C1. The summed E-state index contributed by atoms with van der Waals surface area (Å²) >= 11 is 0. The predicted molar refractivity (Wildman–Crippen MR) is 92.1 cm³/mol. The Morgan fingerprint density at radius 2 is 1.88 bits per heavy atom. The first-order valence-electron chi connectivity index (χ1n) is 8.18. The fourth-order valence-electron chi connectivity index (χ4n) is 3.12. The molecule has 0 fully saturated rings. The molecule has 1 aliphatic carbocycles. The van der Waals surface area contributed by atoms with Crippen molar-refractivity contribution < 1.29 is 22.4 Å². The lowest BCUT2D eigenvalue weighted by Crippen LogP contribution is -2.18. The fourth-order valence-corrected chi connectivity index (χ4v) is 3.12. The van der Waals surface area contributed by atoms with E-state index in [9.17, 15) is 18.0 Å². The number of ketones is 1. The highest BCUT2D eigenvalue weighted by atomic mass is 19.4. The summed E-state index contributed by atoms with van der Waals surface area (Å²) in [6.45, 7) is 7.57. The fraction of sp³-hybridized carbons (Fsp3) is 0.300. The van der Waals surface area contributed by atoms with Crippen molar-refractivity contribution in [3.63, 3.8) is 0 Å². The van der Waals surface area contributed by atoms with Gasteiger partial charge in [-0.1, -0.05) is 24.3 Å². The third-order valence-corrected chi connectivity index (χ3v) is 4.78. The number of rotatable bonds is 3. The second kappa shape index (κ2) is 6.59. The van der Waals surface area contributed by atoms with Crippen molar-refractivity contribution in [2.45, 2.75) is 32.9 Å². The van der Waals surface area contributed by atoms with Crippen LogP contribution < -0.4 is 0 Å². The molecule has 3 rings (SSSR count). The van der Waals surface area contributed by atoms with E-state index in [-0.39, 0.29) is 11.7 Å². The van der Waals surface area contributed by atoms with Crippen molar-refractivity contribution in [2.75, 3.05) is 0 Å². The number of alkyl halides is 3. The number of halogens is 3. The van der Waals surface area contributed by atoms with Crippen LogP contribution in [0.3, 0.4) is 0 Å². The largest absolute Gasteiger partial charge is 0.443 e. The van der Waals surface area contributed by atoms with Crippen molar-refractivity contribution in [1.82, 2.24) is 4.98 Å². The Balaban J connectivity index is 2.02. The molecule has 1 aromatic carbocycles. The Labute approximate surface area is 149 Å². The molecule has 3 nitrogen and oxygen atoms in total. The number of carbonyl (C=O) groups is 1. The zero-order chi connectivity index (χ0) is 19.1. The molecule has 136 valence electrons. The van der Waals surface area contributed by atoms with Crippen LogP contribution in [0, 0.1) is 5.92 Å². The number of Topliss-reactive ketones (excluding diaryl/α,β-unsaturated/α-hetero) is 1. The molecule has 0 aliphatic heterocycles. The highest BCUT2D eigenvalue weighted by Gasteiger charge is 2.31. The van der Waals surface area contributed by atoms with Crippen LogP contribution in [0.5, 0.6) is 0 Å². The second-order valence-electron chi connectivity index (χ2n) is 6.58. The van der Waals surface area contributed by atoms with Gasteiger partial charge in [-0.25, -0.2) is 4.98 Å². The van der Waals surface area contributed by atoms with E-state index in [1.54, 1.807) is 6.92 Å². The zero-order valence-corrected chi connectivity index (χ0v) is 14.5. The summed E-state index contributed by atoms with van der Waals surface area (Å²) in [5, 5.41) is 0. The molecule has 1 aliphatic rings. The normalized spacial score (nSPS) is 18.3. The maximum atomic E-state index is 12.8. The van der Waals surface area contributed by atoms with Crippen molar-refractivity contribution in [3.8, 4) is 11.3 Å². The van der Waals surface area contributed by atoms with Crippen LogP contribution in [0.15, 0.2) is 52.8 Å². The van der Waals surface area contributed by atoms with E-state index in [1.807, 2.05) is 6.92 Å². The number of aromatic nitrogens is 1. The molecule has 26 heavy (non-hydrogen) atoms. The van der Waals surface area contributed by atoms with E-state index in [0.29, 0.717) is 35.4 Å². The van der Waals surface area contributed by atoms with Gasteiger partial charge in [0.2, 0.25) is 0 Å². The van der Waals surface area contributed by atoms with Gasteiger partial charge in [0.05, 0.1) is 5.56 Å². The molecule has 1 atom stereocenters. The summed E-state index contributed by atoms with van der Waals surface area (Å²) in [4.78, 5) is 16.6. The summed E-state index contributed by atoms with van der Waals surface area (Å²) in [5.74, 6) is 0.419. The van der Waals surface area contributed by atoms with Crippen LogP contribution in [-0.4, -0.2) is 10.8 Å².